The first-order chi connectivity index (χ1) is 17.2. The molecule has 2 unspecified atom stereocenters. The van der Waals surface area contributed by atoms with Crippen LogP contribution < -0.4 is 5.32 Å². The van der Waals surface area contributed by atoms with Crippen LogP contribution >= 0.6 is 0 Å². The van der Waals surface area contributed by atoms with E-state index in [1.807, 2.05) is 0 Å². The van der Waals surface area contributed by atoms with Crippen molar-refractivity contribution < 1.29 is 35.9 Å². The molecule has 194 valence electrons. The standard InChI is InChI=1S/C25H20F6N4O2/c1-12-8-13(2)33-23(32-12)34-21(36)19-17-6-4-5-7-18(17)22(37)35(3)20(19)14-9-15(24(26,27)28)11-16(10-14)25(29,30)31/h4-11,19-20H,1-3H3,(H,32,33,34,36). The average Bonchev–Trinajstić information content (AvgIpc) is 2.79. The van der Waals surface area contributed by atoms with Gasteiger partial charge in [0.1, 0.15) is 0 Å². The maximum Gasteiger partial charge on any atom is 0.416 e. The van der Waals surface area contributed by atoms with Crippen molar-refractivity contribution in [2.45, 2.75) is 38.2 Å². The molecule has 2 heterocycles. The largest absolute Gasteiger partial charge is 0.416 e. The van der Waals surface area contributed by atoms with Gasteiger partial charge in [-0.1, -0.05) is 18.2 Å². The molecule has 0 aliphatic carbocycles. The molecule has 0 radical (unpaired) electrons. The van der Waals surface area contributed by atoms with Crippen molar-refractivity contribution in [2.75, 3.05) is 12.4 Å². The second-order valence-electron chi connectivity index (χ2n) is 8.73. The van der Waals surface area contributed by atoms with E-state index < -0.39 is 52.8 Å². The lowest BCUT2D eigenvalue weighted by Crippen LogP contribution is -2.44. The topological polar surface area (TPSA) is 75.2 Å². The summed E-state index contributed by atoms with van der Waals surface area (Å²) in [7, 11) is 1.23. The molecule has 2 aromatic carbocycles. The molecule has 0 saturated carbocycles. The Morgan fingerprint density at radius 1 is 0.892 bits per heavy atom. The van der Waals surface area contributed by atoms with Gasteiger partial charge in [-0.15, -0.1) is 0 Å². The molecule has 0 fully saturated rings. The fourth-order valence-corrected chi connectivity index (χ4v) is 4.49. The molecule has 0 saturated heterocycles. The number of carbonyl (C=O) groups excluding carboxylic acids is 2. The van der Waals surface area contributed by atoms with Gasteiger partial charge in [0.25, 0.3) is 5.91 Å². The number of rotatable bonds is 3. The molecule has 4 rings (SSSR count). The van der Waals surface area contributed by atoms with Crippen LogP contribution in [0.25, 0.3) is 0 Å². The van der Waals surface area contributed by atoms with Gasteiger partial charge >= 0.3 is 12.4 Å². The molecular weight excluding hydrogens is 502 g/mol. The Hall–Kier alpha value is -3.96. The van der Waals surface area contributed by atoms with Gasteiger partial charge in [-0.25, -0.2) is 9.97 Å². The molecule has 6 nitrogen and oxygen atoms in total. The van der Waals surface area contributed by atoms with Gasteiger partial charge in [0, 0.05) is 24.0 Å². The Balaban J connectivity index is 1.91. The van der Waals surface area contributed by atoms with Crippen LogP contribution in [0.3, 0.4) is 0 Å². The number of benzene rings is 2. The number of amides is 2. The SMILES string of the molecule is Cc1cc(C)nc(NC(=O)C2c3ccccc3C(=O)N(C)C2c2cc(C(F)(F)F)cc(C(F)(F)F)c2)n1. The third-order valence-electron chi connectivity index (χ3n) is 6.03. The van der Waals surface area contributed by atoms with Crippen molar-refractivity contribution >= 4 is 17.8 Å². The highest BCUT2D eigenvalue weighted by Gasteiger charge is 2.45. The van der Waals surface area contributed by atoms with Crippen LogP contribution in [0.15, 0.2) is 48.5 Å². The number of hydrogen-bond donors (Lipinski definition) is 1. The lowest BCUT2D eigenvalue weighted by Gasteiger charge is -2.40. The molecule has 3 aromatic rings. The van der Waals surface area contributed by atoms with Crippen LogP contribution in [0.4, 0.5) is 32.3 Å². The Bertz CT molecular complexity index is 1330. The maximum absolute atomic E-state index is 13.6. The molecule has 1 N–H and O–H groups in total. The van der Waals surface area contributed by atoms with E-state index in [9.17, 15) is 35.9 Å². The average molecular weight is 522 g/mol. The summed E-state index contributed by atoms with van der Waals surface area (Å²) >= 11 is 0. The molecule has 2 atom stereocenters. The summed E-state index contributed by atoms with van der Waals surface area (Å²) in [6, 6.07) is 7.17. The number of likely N-dealkylation sites (N-methyl/N-ethyl adjacent to an activating group) is 1. The maximum atomic E-state index is 13.6. The highest BCUT2D eigenvalue weighted by atomic mass is 19.4. The number of nitrogens with one attached hydrogen (secondary N) is 1. The third kappa shape index (κ3) is 5.13. The Morgan fingerprint density at radius 3 is 1.97 bits per heavy atom. The van der Waals surface area contributed by atoms with E-state index in [0.717, 1.165) is 4.90 Å². The lowest BCUT2D eigenvalue weighted by atomic mass is 9.78. The van der Waals surface area contributed by atoms with Crippen LogP contribution in [-0.4, -0.2) is 33.7 Å². The number of nitrogens with zero attached hydrogens (tertiary/aromatic N) is 3. The van der Waals surface area contributed by atoms with Crippen molar-refractivity contribution in [3.05, 3.63) is 87.7 Å². The fourth-order valence-electron chi connectivity index (χ4n) is 4.49. The number of aromatic nitrogens is 2. The Labute approximate surface area is 207 Å². The summed E-state index contributed by atoms with van der Waals surface area (Å²) in [4.78, 5) is 35.9. The quantitative estimate of drug-likeness (QED) is 0.449. The van der Waals surface area contributed by atoms with Gasteiger partial charge in [0.05, 0.1) is 23.1 Å². The van der Waals surface area contributed by atoms with E-state index in [2.05, 4.69) is 15.3 Å². The van der Waals surface area contributed by atoms with Crippen LogP contribution in [0.5, 0.6) is 0 Å². The van der Waals surface area contributed by atoms with Crippen molar-refractivity contribution in [1.29, 1.82) is 0 Å². The number of anilines is 1. The fraction of sp³-hybridized carbons (Fsp3) is 0.280. The molecular formula is C25H20F6N4O2. The lowest BCUT2D eigenvalue weighted by molar-refractivity contribution is -0.143. The summed E-state index contributed by atoms with van der Waals surface area (Å²) in [5.41, 5.74) is -2.27. The summed E-state index contributed by atoms with van der Waals surface area (Å²) in [6.45, 7) is 3.33. The highest BCUT2D eigenvalue weighted by molar-refractivity contribution is 6.03. The normalized spacial score (nSPS) is 18.0. The second kappa shape index (κ2) is 9.16. The summed E-state index contributed by atoms with van der Waals surface area (Å²) < 4.78 is 81.5. The first kappa shape index (κ1) is 26.1. The zero-order chi connectivity index (χ0) is 27.3. The number of halogens is 6. The zero-order valence-electron chi connectivity index (χ0n) is 19.7. The Kier molecular flexibility index (Phi) is 6.47. The molecule has 0 spiro atoms. The van der Waals surface area contributed by atoms with Crippen LogP contribution in [-0.2, 0) is 17.1 Å². The van der Waals surface area contributed by atoms with E-state index in [1.54, 1.807) is 26.0 Å². The van der Waals surface area contributed by atoms with E-state index in [-0.39, 0.29) is 23.1 Å². The van der Waals surface area contributed by atoms with Gasteiger partial charge in [0.15, 0.2) is 0 Å². The molecule has 0 bridgehead atoms. The number of carbonyl (C=O) groups is 2. The molecule has 1 aromatic heterocycles. The first-order valence-electron chi connectivity index (χ1n) is 11.0. The van der Waals surface area contributed by atoms with Gasteiger partial charge in [-0.2, -0.15) is 26.3 Å². The van der Waals surface area contributed by atoms with Crippen molar-refractivity contribution in [3.8, 4) is 0 Å². The number of aryl methyl sites for hydroxylation is 2. The van der Waals surface area contributed by atoms with Gasteiger partial charge < -0.3 is 4.90 Å². The predicted octanol–water partition coefficient (Wildman–Crippen LogP) is 5.68. The zero-order valence-corrected chi connectivity index (χ0v) is 19.7. The molecule has 12 heteroatoms. The summed E-state index contributed by atoms with van der Waals surface area (Å²) in [5.74, 6) is -2.91. The van der Waals surface area contributed by atoms with E-state index in [1.165, 1.54) is 25.2 Å². The first-order valence-corrected chi connectivity index (χ1v) is 11.0. The van der Waals surface area contributed by atoms with Gasteiger partial charge in [-0.3, -0.25) is 14.9 Å². The minimum absolute atomic E-state index is 0.000531. The van der Waals surface area contributed by atoms with Crippen molar-refractivity contribution in [1.82, 2.24) is 14.9 Å². The molecule has 37 heavy (non-hydrogen) atoms. The predicted molar refractivity (Wildman–Crippen MR) is 121 cm³/mol. The van der Waals surface area contributed by atoms with Gasteiger partial charge in [0.2, 0.25) is 11.9 Å². The number of hydrogen-bond acceptors (Lipinski definition) is 4. The molecule has 2 amide bonds. The van der Waals surface area contributed by atoms with E-state index >= 15 is 0 Å². The monoisotopic (exact) mass is 522 g/mol. The second-order valence-corrected chi connectivity index (χ2v) is 8.73. The van der Waals surface area contributed by atoms with Crippen molar-refractivity contribution in [2.24, 2.45) is 0 Å². The minimum Gasteiger partial charge on any atom is -0.334 e. The number of fused-ring (bicyclic) bond motifs is 1. The van der Waals surface area contributed by atoms with Crippen molar-refractivity contribution in [3.63, 3.8) is 0 Å². The molecule has 1 aliphatic heterocycles. The van der Waals surface area contributed by atoms with Crippen LogP contribution in [0.2, 0.25) is 0 Å². The van der Waals surface area contributed by atoms with Crippen LogP contribution in [0.1, 0.15) is 56.0 Å². The number of alkyl halides is 6. The molecule has 1 aliphatic rings. The highest BCUT2D eigenvalue weighted by Crippen LogP contribution is 2.45. The smallest absolute Gasteiger partial charge is 0.334 e. The van der Waals surface area contributed by atoms with Crippen LogP contribution in [0, 0.1) is 13.8 Å². The summed E-state index contributed by atoms with van der Waals surface area (Å²) in [5, 5.41) is 2.52. The minimum atomic E-state index is -5.10. The third-order valence-corrected chi connectivity index (χ3v) is 6.03. The summed E-state index contributed by atoms with van der Waals surface area (Å²) in [6.07, 6.45) is -10.2. The van der Waals surface area contributed by atoms with Gasteiger partial charge in [-0.05, 0) is 55.3 Å². The Morgan fingerprint density at radius 2 is 1.43 bits per heavy atom. The van der Waals surface area contributed by atoms with E-state index in [0.29, 0.717) is 23.5 Å². The van der Waals surface area contributed by atoms with E-state index in [4.69, 9.17) is 0 Å².